The van der Waals surface area contributed by atoms with E-state index >= 15 is 0 Å². The summed E-state index contributed by atoms with van der Waals surface area (Å²) in [5.74, 6) is 0. The number of hydrogen-bond donors (Lipinski definition) is 0. The van der Waals surface area contributed by atoms with Gasteiger partial charge in [0.1, 0.15) is 14.2 Å². The van der Waals surface area contributed by atoms with Crippen LogP contribution in [0.25, 0.3) is 0 Å². The molecule has 0 saturated heterocycles. The van der Waals surface area contributed by atoms with E-state index in [2.05, 4.69) is 20.0 Å². The second kappa shape index (κ2) is 9.33. The van der Waals surface area contributed by atoms with Gasteiger partial charge in [-0.1, -0.05) is 10.3 Å². The van der Waals surface area contributed by atoms with Gasteiger partial charge in [-0.2, -0.15) is 0 Å². The van der Waals surface area contributed by atoms with Gasteiger partial charge >= 0.3 is 8.25 Å². The first-order chi connectivity index (χ1) is 7.60. The molecule has 0 aromatic rings. The largest absolute Gasteiger partial charge is 0.399 e. The van der Waals surface area contributed by atoms with Crippen molar-refractivity contribution in [2.45, 2.75) is 13.8 Å². The Labute approximate surface area is 95.3 Å². The smallest absolute Gasteiger partial charge is 0.319 e. The van der Waals surface area contributed by atoms with Crippen LogP contribution in [0.5, 0.6) is 0 Å². The van der Waals surface area contributed by atoms with Gasteiger partial charge in [0.15, 0.2) is 0 Å². The van der Waals surface area contributed by atoms with Crippen molar-refractivity contribution in [3.63, 3.8) is 0 Å². The molecule has 0 aromatic carbocycles. The Balaban J connectivity index is 3.75. The molecule has 0 aliphatic rings. The lowest BCUT2D eigenvalue weighted by Crippen LogP contribution is -2.04. The highest BCUT2D eigenvalue weighted by Gasteiger charge is 2.02. The summed E-state index contributed by atoms with van der Waals surface area (Å²) >= 11 is 0. The molecule has 0 fully saturated rings. The van der Waals surface area contributed by atoms with Gasteiger partial charge < -0.3 is 18.7 Å². The molecule has 16 heavy (non-hydrogen) atoms. The van der Waals surface area contributed by atoms with Crippen molar-refractivity contribution < 1.29 is 23.3 Å². The van der Waals surface area contributed by atoms with E-state index in [1.165, 1.54) is 14.2 Å². The molecule has 0 saturated carbocycles. The summed E-state index contributed by atoms with van der Waals surface area (Å²) in [6, 6.07) is 0. The molecule has 0 aromatic heterocycles. The normalized spacial score (nSPS) is 14.8. The summed E-state index contributed by atoms with van der Waals surface area (Å²) in [4.78, 5) is 9.01. The van der Waals surface area contributed by atoms with Gasteiger partial charge in [0.25, 0.3) is 0 Å². The maximum atomic E-state index is 11.2. The Morgan fingerprint density at radius 3 is 1.69 bits per heavy atom. The quantitative estimate of drug-likeness (QED) is 0.371. The molecular formula is C8H17N2O5P. The molecule has 0 N–H and O–H groups in total. The van der Waals surface area contributed by atoms with E-state index in [9.17, 15) is 4.57 Å². The third kappa shape index (κ3) is 8.40. The lowest BCUT2D eigenvalue weighted by Gasteiger charge is -2.04. The summed E-state index contributed by atoms with van der Waals surface area (Å²) in [5, 5.41) is 7.18. The molecule has 94 valence electrons. The average molecular weight is 252 g/mol. The summed E-state index contributed by atoms with van der Waals surface area (Å²) in [6.45, 7) is 3.59. The predicted molar refractivity (Wildman–Crippen MR) is 61.1 cm³/mol. The number of hydrogen-bond acceptors (Lipinski definition) is 7. The van der Waals surface area contributed by atoms with Crippen molar-refractivity contribution in [1.82, 2.24) is 0 Å². The Hall–Kier alpha value is -0.910. The number of nitrogens with zero attached hydrogens (tertiary/aromatic N) is 2. The Morgan fingerprint density at radius 1 is 1.00 bits per heavy atom. The Bertz CT molecular complexity index is 254. The van der Waals surface area contributed by atoms with Crippen molar-refractivity contribution >= 4 is 19.7 Å². The van der Waals surface area contributed by atoms with E-state index in [1.807, 2.05) is 0 Å². The van der Waals surface area contributed by atoms with Crippen LogP contribution >= 0.6 is 8.25 Å². The van der Waals surface area contributed by atoms with Crippen molar-refractivity contribution in [3.05, 3.63) is 0 Å². The van der Waals surface area contributed by atoms with Crippen molar-refractivity contribution in [1.29, 1.82) is 0 Å². The zero-order valence-electron chi connectivity index (χ0n) is 9.85. The molecule has 0 amide bonds. The summed E-state index contributed by atoms with van der Waals surface area (Å²) in [7, 11) is 0.310. The van der Waals surface area contributed by atoms with Gasteiger partial charge in [0.2, 0.25) is 0 Å². The van der Waals surface area contributed by atoms with Crippen LogP contribution in [-0.2, 0) is 23.3 Å². The van der Waals surface area contributed by atoms with Gasteiger partial charge in [-0.05, 0) is 13.8 Å². The second-order valence-corrected chi connectivity index (χ2v) is 3.92. The van der Waals surface area contributed by atoms with Crippen LogP contribution in [0.3, 0.4) is 0 Å². The SMILES string of the molecule is CON=C(C)CO[PH](=O)OCC(C)=NOC. The maximum absolute atomic E-state index is 11.2. The molecule has 0 unspecified atom stereocenters. The third-order valence-electron chi connectivity index (χ3n) is 1.29. The molecule has 0 aliphatic carbocycles. The van der Waals surface area contributed by atoms with Crippen LogP contribution in [0.15, 0.2) is 10.3 Å². The molecule has 8 heteroatoms. The monoisotopic (exact) mass is 252 g/mol. The highest BCUT2D eigenvalue weighted by molar-refractivity contribution is 7.33. The topological polar surface area (TPSA) is 78.7 Å². The first-order valence-corrected chi connectivity index (χ1v) is 5.75. The van der Waals surface area contributed by atoms with E-state index in [1.54, 1.807) is 13.8 Å². The second-order valence-electron chi connectivity index (χ2n) is 2.85. The Kier molecular flexibility index (Phi) is 8.80. The zero-order valence-corrected chi connectivity index (χ0v) is 10.8. The van der Waals surface area contributed by atoms with Gasteiger partial charge in [-0.15, -0.1) is 0 Å². The van der Waals surface area contributed by atoms with Gasteiger partial charge in [-0.3, -0.25) is 4.57 Å². The molecule has 0 spiro atoms. The van der Waals surface area contributed by atoms with Crippen molar-refractivity contribution in [2.75, 3.05) is 27.4 Å². The molecule has 0 aliphatic heterocycles. The van der Waals surface area contributed by atoms with Crippen LogP contribution in [0.1, 0.15) is 13.8 Å². The van der Waals surface area contributed by atoms with Gasteiger partial charge in [0.05, 0.1) is 24.6 Å². The number of oxime groups is 2. The number of rotatable bonds is 8. The van der Waals surface area contributed by atoms with Crippen LogP contribution in [0.2, 0.25) is 0 Å². The minimum atomic E-state index is -2.54. The minimum absolute atomic E-state index is 0.103. The fourth-order valence-electron chi connectivity index (χ4n) is 0.733. The summed E-state index contributed by atoms with van der Waals surface area (Å²) in [5.41, 5.74) is 1.15. The zero-order chi connectivity index (χ0) is 12.4. The molecular weight excluding hydrogens is 235 g/mol. The predicted octanol–water partition coefficient (Wildman–Crippen LogP) is 1.45. The minimum Gasteiger partial charge on any atom is -0.399 e. The van der Waals surface area contributed by atoms with Crippen LogP contribution in [-0.4, -0.2) is 38.9 Å². The summed E-state index contributed by atoms with van der Waals surface area (Å²) < 4.78 is 21.0. The summed E-state index contributed by atoms with van der Waals surface area (Å²) in [6.07, 6.45) is 0. The molecule has 7 nitrogen and oxygen atoms in total. The maximum Gasteiger partial charge on any atom is 0.319 e. The molecule has 0 bridgehead atoms. The first kappa shape index (κ1) is 15.1. The van der Waals surface area contributed by atoms with Gasteiger partial charge in [-0.25, -0.2) is 0 Å². The van der Waals surface area contributed by atoms with E-state index < -0.39 is 8.25 Å². The fourth-order valence-corrected chi connectivity index (χ4v) is 1.47. The van der Waals surface area contributed by atoms with Crippen LogP contribution in [0.4, 0.5) is 0 Å². The standard InChI is InChI=1S/C8H17N2O5P/c1-7(9-12-3)5-14-16(11)15-6-8(2)10-13-4/h16H,5-6H2,1-4H3. The van der Waals surface area contributed by atoms with E-state index in [-0.39, 0.29) is 13.2 Å². The highest BCUT2D eigenvalue weighted by atomic mass is 31.1. The lowest BCUT2D eigenvalue weighted by molar-refractivity contribution is 0.205. The van der Waals surface area contributed by atoms with E-state index in [4.69, 9.17) is 9.05 Å². The average Bonchev–Trinajstić information content (AvgIpc) is 2.24. The van der Waals surface area contributed by atoms with Gasteiger partial charge in [0, 0.05) is 0 Å². The molecule has 0 heterocycles. The van der Waals surface area contributed by atoms with Crippen molar-refractivity contribution in [3.8, 4) is 0 Å². The van der Waals surface area contributed by atoms with E-state index in [0.29, 0.717) is 11.4 Å². The Morgan fingerprint density at radius 2 is 1.38 bits per heavy atom. The molecule has 0 radical (unpaired) electrons. The lowest BCUT2D eigenvalue weighted by atomic mass is 10.5. The van der Waals surface area contributed by atoms with E-state index in [0.717, 1.165) is 0 Å². The van der Waals surface area contributed by atoms with Crippen LogP contribution < -0.4 is 0 Å². The molecule has 0 atom stereocenters. The fraction of sp³-hybridized carbons (Fsp3) is 0.750. The van der Waals surface area contributed by atoms with Crippen molar-refractivity contribution in [2.24, 2.45) is 10.3 Å². The molecule has 0 rings (SSSR count). The first-order valence-electron chi connectivity index (χ1n) is 4.53. The third-order valence-corrected chi connectivity index (χ3v) is 2.05. The van der Waals surface area contributed by atoms with Crippen LogP contribution in [0, 0.1) is 0 Å². The highest BCUT2D eigenvalue weighted by Crippen LogP contribution is 2.23.